The van der Waals surface area contributed by atoms with Crippen molar-refractivity contribution in [1.82, 2.24) is 15.5 Å². The zero-order valence-corrected chi connectivity index (χ0v) is 26.3. The quantitative estimate of drug-likeness (QED) is 0.233. The second-order valence-corrected chi connectivity index (χ2v) is 15.6. The first-order chi connectivity index (χ1) is 20.8. The van der Waals surface area contributed by atoms with Crippen molar-refractivity contribution in [2.75, 3.05) is 11.1 Å². The minimum Gasteiger partial charge on any atom is -0.392 e. The Morgan fingerprint density at radius 3 is 2.23 bits per heavy atom. The van der Waals surface area contributed by atoms with Crippen molar-refractivity contribution < 1.29 is 19.4 Å². The van der Waals surface area contributed by atoms with Crippen molar-refractivity contribution in [3.8, 4) is 0 Å². The lowest BCUT2D eigenvalue weighted by molar-refractivity contribution is -0.268. The number of nitrogens with one attached hydrogen (secondary N) is 2. The number of aryl methyl sites for hydroxylation is 1. The summed E-state index contributed by atoms with van der Waals surface area (Å²) in [5.41, 5.74) is 3.56. The maximum Gasteiger partial charge on any atom is 0.319 e. The maximum atomic E-state index is 13.1. The summed E-state index contributed by atoms with van der Waals surface area (Å²) in [6.45, 7) is 4.13. The minimum absolute atomic E-state index is 0.00850. The molecule has 1 aromatic heterocycles. The molecule has 0 unspecified atom stereocenters. The van der Waals surface area contributed by atoms with E-state index in [-0.39, 0.29) is 36.3 Å². The van der Waals surface area contributed by atoms with Gasteiger partial charge in [-0.2, -0.15) is 0 Å². The fourth-order valence-electron chi connectivity index (χ4n) is 8.19. The number of aromatic nitrogens is 2. The van der Waals surface area contributed by atoms with Crippen LogP contribution in [0.2, 0.25) is 0 Å². The number of hydrogen-bond acceptors (Lipinski definition) is 8. The lowest BCUT2D eigenvalue weighted by Crippen LogP contribution is -2.60. The van der Waals surface area contributed by atoms with Crippen molar-refractivity contribution in [1.29, 1.82) is 0 Å². The number of amides is 2. The van der Waals surface area contributed by atoms with Crippen LogP contribution in [-0.2, 0) is 16.1 Å². The van der Waals surface area contributed by atoms with Crippen molar-refractivity contribution in [2.24, 2.45) is 23.7 Å². The van der Waals surface area contributed by atoms with Gasteiger partial charge in [-0.3, -0.25) is 0 Å². The van der Waals surface area contributed by atoms with Gasteiger partial charge in [-0.05, 0) is 86.5 Å². The van der Waals surface area contributed by atoms with Gasteiger partial charge in [-0.15, -0.1) is 10.2 Å². The van der Waals surface area contributed by atoms with E-state index in [0.29, 0.717) is 0 Å². The summed E-state index contributed by atoms with van der Waals surface area (Å²) in [6.07, 6.45) is 6.61. The number of hydrogen-bond donors (Lipinski definition) is 3. The van der Waals surface area contributed by atoms with Gasteiger partial charge in [-0.25, -0.2) is 4.79 Å². The number of benzene rings is 2. The Kier molecular flexibility index (Phi) is 8.24. The van der Waals surface area contributed by atoms with Gasteiger partial charge < -0.3 is 25.2 Å². The van der Waals surface area contributed by atoms with E-state index in [2.05, 4.69) is 27.8 Å². The third kappa shape index (κ3) is 6.35. The summed E-state index contributed by atoms with van der Waals surface area (Å²) in [5, 5.41) is 25.4. The number of aliphatic hydroxyl groups is 1. The molecule has 228 valence electrons. The van der Waals surface area contributed by atoms with Crippen molar-refractivity contribution in [3.63, 3.8) is 0 Å². The Balaban J connectivity index is 1.04. The summed E-state index contributed by atoms with van der Waals surface area (Å²) < 4.78 is 14.1. The minimum atomic E-state index is -0.560. The van der Waals surface area contributed by atoms with Gasteiger partial charge in [0.25, 0.3) is 0 Å². The van der Waals surface area contributed by atoms with Gasteiger partial charge in [0.05, 0.1) is 18.8 Å². The second-order valence-electron chi connectivity index (χ2n) is 13.1. The standard InChI is InChI=1S/C33H40N4O4S2/c1-19-28(18-42-32-37-36-20(2)43-32)40-30(41-29(19)25-5-3-21(17-38)4-6-25)26-7-9-27(10-8-26)34-31(39)35-33-14-22-11-23(15-33)13-24(12-22)16-33/h3-10,19,22-24,28-30,38H,11-18H2,1-2H3,(H2,34,35,39)/t19-,22?,23?,24?,28+,29+,30+,33?/m0/s1. The predicted molar refractivity (Wildman–Crippen MR) is 168 cm³/mol. The van der Waals surface area contributed by atoms with E-state index in [9.17, 15) is 9.90 Å². The van der Waals surface area contributed by atoms with Crippen molar-refractivity contribution in [3.05, 3.63) is 70.2 Å². The summed E-state index contributed by atoms with van der Waals surface area (Å²) in [4.78, 5) is 13.1. The molecule has 10 heteroatoms. The molecule has 4 aliphatic carbocycles. The number of nitrogens with zero attached hydrogens (tertiary/aromatic N) is 2. The first-order valence-electron chi connectivity index (χ1n) is 15.5. The lowest BCUT2D eigenvalue weighted by atomic mass is 9.53. The van der Waals surface area contributed by atoms with Gasteiger partial charge in [0, 0.05) is 28.5 Å². The summed E-state index contributed by atoms with van der Waals surface area (Å²) in [7, 11) is 0. The molecule has 1 aliphatic heterocycles. The fraction of sp³-hybridized carbons (Fsp3) is 0.545. The summed E-state index contributed by atoms with van der Waals surface area (Å²) >= 11 is 3.25. The number of urea groups is 1. The molecule has 3 aromatic rings. The number of carbonyl (C=O) groups is 1. The molecule has 2 heterocycles. The van der Waals surface area contributed by atoms with Crippen LogP contribution in [0.5, 0.6) is 0 Å². The average Bonchev–Trinajstić information content (AvgIpc) is 3.41. The van der Waals surface area contributed by atoms with Gasteiger partial charge >= 0.3 is 6.03 Å². The molecule has 2 amide bonds. The molecule has 8 nitrogen and oxygen atoms in total. The normalized spacial score (nSPS) is 33.0. The first kappa shape index (κ1) is 29.2. The molecule has 2 aromatic carbocycles. The smallest absolute Gasteiger partial charge is 0.319 e. The van der Waals surface area contributed by atoms with Crippen LogP contribution in [0.1, 0.15) is 79.5 Å². The molecular formula is C33H40N4O4S2. The number of ether oxygens (including phenoxy) is 2. The monoisotopic (exact) mass is 620 g/mol. The van der Waals surface area contributed by atoms with E-state index in [0.717, 1.165) is 74.5 Å². The molecule has 0 radical (unpaired) electrons. The van der Waals surface area contributed by atoms with Crippen molar-refractivity contribution >= 4 is 34.8 Å². The highest BCUT2D eigenvalue weighted by atomic mass is 32.2. The van der Waals surface area contributed by atoms with Crippen LogP contribution in [-0.4, -0.2) is 38.7 Å². The molecule has 1 saturated heterocycles. The van der Waals surface area contributed by atoms with Crippen LogP contribution in [0.25, 0.3) is 0 Å². The first-order valence-corrected chi connectivity index (χ1v) is 17.3. The predicted octanol–water partition coefficient (Wildman–Crippen LogP) is 7.01. The zero-order valence-electron chi connectivity index (χ0n) is 24.7. The molecule has 4 atom stereocenters. The largest absolute Gasteiger partial charge is 0.392 e. The lowest BCUT2D eigenvalue weighted by Gasteiger charge is -2.56. The third-order valence-electron chi connectivity index (χ3n) is 9.86. The summed E-state index contributed by atoms with van der Waals surface area (Å²) in [6, 6.07) is 15.7. The van der Waals surface area contributed by atoms with Crippen LogP contribution in [0.15, 0.2) is 52.9 Å². The molecule has 8 rings (SSSR count). The molecule has 0 spiro atoms. The third-order valence-corrected chi connectivity index (χ3v) is 11.9. The van der Waals surface area contributed by atoms with Gasteiger partial charge in [0.15, 0.2) is 10.6 Å². The zero-order chi connectivity index (χ0) is 29.6. The Morgan fingerprint density at radius 1 is 0.977 bits per heavy atom. The molecule has 43 heavy (non-hydrogen) atoms. The number of aliphatic hydroxyl groups excluding tert-OH is 1. The Labute approximate surface area is 261 Å². The van der Waals surface area contributed by atoms with E-state index in [4.69, 9.17) is 9.47 Å². The molecule has 5 aliphatic rings. The number of anilines is 1. The van der Waals surface area contributed by atoms with Gasteiger partial charge in [-0.1, -0.05) is 66.4 Å². The Bertz CT molecular complexity index is 1390. The second kappa shape index (κ2) is 12.1. The van der Waals surface area contributed by atoms with E-state index in [1.54, 1.807) is 23.1 Å². The van der Waals surface area contributed by atoms with E-state index in [1.165, 1.54) is 19.3 Å². The Morgan fingerprint density at radius 2 is 1.63 bits per heavy atom. The van der Waals surface area contributed by atoms with E-state index in [1.807, 2.05) is 55.5 Å². The van der Waals surface area contributed by atoms with Crippen LogP contribution in [0.3, 0.4) is 0 Å². The maximum absolute atomic E-state index is 13.1. The topological polar surface area (TPSA) is 106 Å². The average molecular weight is 621 g/mol. The van der Waals surface area contributed by atoms with E-state index < -0.39 is 6.29 Å². The molecular weight excluding hydrogens is 581 g/mol. The molecule has 3 N–H and O–H groups in total. The summed E-state index contributed by atoms with van der Waals surface area (Å²) in [5.74, 6) is 3.16. The number of thioether (sulfide) groups is 1. The fourth-order valence-corrected chi connectivity index (χ4v) is 10.2. The highest BCUT2D eigenvalue weighted by molar-refractivity contribution is 8.01. The van der Waals surface area contributed by atoms with Crippen LogP contribution < -0.4 is 10.6 Å². The van der Waals surface area contributed by atoms with Gasteiger partial charge in [0.1, 0.15) is 5.01 Å². The highest BCUT2D eigenvalue weighted by Gasteiger charge is 2.51. The molecule has 4 bridgehead atoms. The SMILES string of the molecule is Cc1nnc(SC[C@H]2O[C@@H](c3ccc(NC(=O)NC45CC6CC(CC(C6)C4)C5)cc3)O[C@@H](c3ccc(CO)cc3)[C@H]2C)s1. The van der Waals surface area contributed by atoms with Crippen molar-refractivity contribution in [2.45, 2.75) is 87.4 Å². The molecule has 5 fully saturated rings. The van der Waals surface area contributed by atoms with E-state index >= 15 is 0 Å². The Hall–Kier alpha value is -2.50. The van der Waals surface area contributed by atoms with Crippen LogP contribution in [0.4, 0.5) is 10.5 Å². The number of rotatable bonds is 8. The van der Waals surface area contributed by atoms with Crippen LogP contribution in [0, 0.1) is 30.6 Å². The van der Waals surface area contributed by atoms with Gasteiger partial charge in [0.2, 0.25) is 0 Å². The van der Waals surface area contributed by atoms with Crippen LogP contribution >= 0.6 is 23.1 Å². The highest BCUT2D eigenvalue weighted by Crippen LogP contribution is 2.55. The number of carbonyl (C=O) groups excluding carboxylic acids is 1. The molecule has 4 saturated carbocycles.